The van der Waals surface area contributed by atoms with E-state index in [4.69, 9.17) is 16.3 Å². The summed E-state index contributed by atoms with van der Waals surface area (Å²) >= 11 is 5.82. The molecule has 1 fully saturated rings. The number of aromatic nitrogens is 1. The topological polar surface area (TPSA) is 59.5 Å². The van der Waals surface area contributed by atoms with Gasteiger partial charge in [-0.2, -0.15) is 0 Å². The molecule has 2 heterocycles. The van der Waals surface area contributed by atoms with Crippen molar-refractivity contribution in [1.29, 1.82) is 0 Å². The van der Waals surface area contributed by atoms with Gasteiger partial charge in [-0.05, 0) is 45.2 Å². The van der Waals surface area contributed by atoms with Crippen LogP contribution >= 0.6 is 11.6 Å². The van der Waals surface area contributed by atoms with Crippen molar-refractivity contribution in [3.63, 3.8) is 0 Å². The molecule has 114 valence electrons. The van der Waals surface area contributed by atoms with Gasteiger partial charge in [0.05, 0.1) is 5.56 Å². The van der Waals surface area contributed by atoms with Gasteiger partial charge in [-0.15, -0.1) is 0 Å². The van der Waals surface area contributed by atoms with Gasteiger partial charge in [0.25, 0.3) is 5.91 Å². The van der Waals surface area contributed by atoms with Crippen LogP contribution in [0.15, 0.2) is 18.3 Å². The molecule has 21 heavy (non-hydrogen) atoms. The summed E-state index contributed by atoms with van der Waals surface area (Å²) in [6, 6.07) is 3.48. The van der Waals surface area contributed by atoms with E-state index in [1.54, 1.807) is 6.07 Å². The lowest BCUT2D eigenvalue weighted by Crippen LogP contribution is -2.49. The highest BCUT2D eigenvalue weighted by atomic mass is 35.5. The van der Waals surface area contributed by atoms with Crippen molar-refractivity contribution in [1.82, 2.24) is 9.88 Å². The Balaban J connectivity index is 1.95. The van der Waals surface area contributed by atoms with Crippen molar-refractivity contribution >= 4 is 23.5 Å². The van der Waals surface area contributed by atoms with E-state index in [9.17, 15) is 9.59 Å². The average molecular weight is 311 g/mol. The van der Waals surface area contributed by atoms with E-state index in [-0.39, 0.29) is 35.3 Å². The zero-order chi connectivity index (χ0) is 15.4. The molecule has 6 heteroatoms. The van der Waals surface area contributed by atoms with Crippen LogP contribution in [0.5, 0.6) is 0 Å². The van der Waals surface area contributed by atoms with Gasteiger partial charge in [0.2, 0.25) is 0 Å². The summed E-state index contributed by atoms with van der Waals surface area (Å²) in [5, 5.41) is 0.0784. The fraction of sp³-hybridized carbons (Fsp3) is 0.533. The molecule has 5 nitrogen and oxygen atoms in total. The Labute approximate surface area is 129 Å². The van der Waals surface area contributed by atoms with Crippen LogP contribution in [0.1, 0.15) is 43.5 Å². The first-order valence-electron chi connectivity index (χ1n) is 7.09. The SMILES string of the molecule is C[C@@H]1CCC[C@H](C)N1C(=O)COC(=O)c1cccnc1Cl. The molecule has 0 bridgehead atoms. The molecule has 1 aromatic rings. The summed E-state index contributed by atoms with van der Waals surface area (Å²) in [4.78, 5) is 29.8. The number of amides is 1. The van der Waals surface area contributed by atoms with E-state index in [0.29, 0.717) is 0 Å². The average Bonchev–Trinajstić information content (AvgIpc) is 2.45. The number of hydrogen-bond acceptors (Lipinski definition) is 4. The second-order valence-corrected chi connectivity index (χ2v) is 5.71. The van der Waals surface area contributed by atoms with Crippen LogP contribution in [-0.4, -0.2) is 40.5 Å². The first-order chi connectivity index (χ1) is 10.0. The Morgan fingerprint density at radius 3 is 2.67 bits per heavy atom. The van der Waals surface area contributed by atoms with Crippen LogP contribution in [-0.2, 0) is 9.53 Å². The van der Waals surface area contributed by atoms with Crippen LogP contribution in [0, 0.1) is 0 Å². The number of nitrogens with zero attached hydrogens (tertiary/aromatic N) is 2. The van der Waals surface area contributed by atoms with Crippen LogP contribution in [0.4, 0.5) is 0 Å². The molecule has 2 rings (SSSR count). The van der Waals surface area contributed by atoms with Crippen molar-refractivity contribution in [3.05, 3.63) is 29.0 Å². The quantitative estimate of drug-likeness (QED) is 0.636. The standard InChI is InChI=1S/C15H19ClN2O3/c1-10-5-3-6-11(2)18(10)13(19)9-21-15(20)12-7-4-8-17-14(12)16/h4,7-8,10-11H,3,5-6,9H2,1-2H3/t10-,11+. The van der Waals surface area contributed by atoms with Gasteiger partial charge in [0.1, 0.15) is 5.15 Å². The van der Waals surface area contributed by atoms with Gasteiger partial charge in [0, 0.05) is 18.3 Å². The first-order valence-corrected chi connectivity index (χ1v) is 7.47. The lowest BCUT2D eigenvalue weighted by atomic mass is 9.97. The van der Waals surface area contributed by atoms with E-state index in [1.807, 2.05) is 18.7 Å². The molecule has 0 saturated carbocycles. The van der Waals surface area contributed by atoms with Gasteiger partial charge in [0.15, 0.2) is 6.61 Å². The molecular weight excluding hydrogens is 292 g/mol. The molecule has 1 aliphatic heterocycles. The largest absolute Gasteiger partial charge is 0.452 e. The third-order valence-corrected chi connectivity index (χ3v) is 4.09. The summed E-state index contributed by atoms with van der Waals surface area (Å²) in [7, 11) is 0. The molecule has 1 aliphatic rings. The number of rotatable bonds is 3. The van der Waals surface area contributed by atoms with E-state index in [1.165, 1.54) is 12.3 Å². The maximum atomic E-state index is 12.2. The summed E-state index contributed by atoms with van der Waals surface area (Å²) in [6.45, 7) is 3.78. The minimum atomic E-state index is -0.626. The predicted octanol–water partition coefficient (Wildman–Crippen LogP) is 2.68. The monoisotopic (exact) mass is 310 g/mol. The molecule has 0 aliphatic carbocycles. The number of esters is 1. The number of halogens is 1. The number of likely N-dealkylation sites (tertiary alicyclic amines) is 1. The summed E-state index contributed by atoms with van der Waals surface area (Å²) in [5.41, 5.74) is 0.173. The summed E-state index contributed by atoms with van der Waals surface area (Å²) in [5.74, 6) is -0.790. The van der Waals surface area contributed by atoms with Crippen molar-refractivity contribution in [2.24, 2.45) is 0 Å². The normalized spacial score (nSPS) is 22.0. The van der Waals surface area contributed by atoms with E-state index in [0.717, 1.165) is 19.3 Å². The summed E-state index contributed by atoms with van der Waals surface area (Å²) in [6.07, 6.45) is 4.58. The molecule has 0 spiro atoms. The smallest absolute Gasteiger partial charge is 0.341 e. The van der Waals surface area contributed by atoms with Gasteiger partial charge in [-0.3, -0.25) is 4.79 Å². The van der Waals surface area contributed by atoms with Crippen molar-refractivity contribution in [2.45, 2.75) is 45.2 Å². The Morgan fingerprint density at radius 2 is 2.05 bits per heavy atom. The van der Waals surface area contributed by atoms with Gasteiger partial charge in [-0.1, -0.05) is 11.6 Å². The minimum absolute atomic E-state index is 0.0784. The molecule has 0 aromatic carbocycles. The Kier molecular flexibility index (Phi) is 5.17. The Morgan fingerprint density at radius 1 is 1.38 bits per heavy atom. The molecule has 0 N–H and O–H groups in total. The Hall–Kier alpha value is -1.62. The summed E-state index contributed by atoms with van der Waals surface area (Å²) < 4.78 is 5.07. The van der Waals surface area contributed by atoms with Crippen molar-refractivity contribution in [2.75, 3.05) is 6.61 Å². The minimum Gasteiger partial charge on any atom is -0.452 e. The zero-order valence-electron chi connectivity index (χ0n) is 12.2. The second-order valence-electron chi connectivity index (χ2n) is 5.35. The molecule has 1 aromatic heterocycles. The van der Waals surface area contributed by atoms with Gasteiger partial charge >= 0.3 is 5.97 Å². The van der Waals surface area contributed by atoms with Crippen LogP contribution in [0.2, 0.25) is 5.15 Å². The highest BCUT2D eigenvalue weighted by molar-refractivity contribution is 6.32. The number of carbonyl (C=O) groups is 2. The maximum absolute atomic E-state index is 12.2. The van der Waals surface area contributed by atoms with Crippen molar-refractivity contribution < 1.29 is 14.3 Å². The Bertz CT molecular complexity index is 525. The van der Waals surface area contributed by atoms with Crippen LogP contribution in [0.3, 0.4) is 0 Å². The lowest BCUT2D eigenvalue weighted by molar-refractivity contribution is -0.140. The zero-order valence-corrected chi connectivity index (χ0v) is 13.0. The molecule has 1 saturated heterocycles. The van der Waals surface area contributed by atoms with E-state index >= 15 is 0 Å². The van der Waals surface area contributed by atoms with Gasteiger partial charge < -0.3 is 9.64 Å². The van der Waals surface area contributed by atoms with E-state index < -0.39 is 5.97 Å². The number of ether oxygens (including phenoxy) is 1. The number of hydrogen-bond donors (Lipinski definition) is 0. The fourth-order valence-corrected chi connectivity index (χ4v) is 2.93. The number of carbonyl (C=O) groups excluding carboxylic acids is 2. The van der Waals surface area contributed by atoms with Crippen LogP contribution in [0.25, 0.3) is 0 Å². The highest BCUT2D eigenvalue weighted by Gasteiger charge is 2.29. The van der Waals surface area contributed by atoms with Gasteiger partial charge in [-0.25, -0.2) is 9.78 Å². The second kappa shape index (κ2) is 6.89. The first kappa shape index (κ1) is 15.8. The third-order valence-electron chi connectivity index (χ3n) is 3.79. The fourth-order valence-electron chi connectivity index (χ4n) is 2.73. The highest BCUT2D eigenvalue weighted by Crippen LogP contribution is 2.22. The molecule has 2 atom stereocenters. The molecule has 0 radical (unpaired) electrons. The number of pyridine rings is 1. The molecule has 1 amide bonds. The third kappa shape index (κ3) is 3.73. The number of piperidine rings is 1. The van der Waals surface area contributed by atoms with Crippen LogP contribution < -0.4 is 0 Å². The predicted molar refractivity (Wildman–Crippen MR) is 79.2 cm³/mol. The van der Waals surface area contributed by atoms with E-state index in [2.05, 4.69) is 4.98 Å². The van der Waals surface area contributed by atoms with Crippen molar-refractivity contribution in [3.8, 4) is 0 Å². The lowest BCUT2D eigenvalue weighted by Gasteiger charge is -2.38. The molecular formula is C15H19ClN2O3. The maximum Gasteiger partial charge on any atom is 0.341 e. The molecule has 0 unspecified atom stereocenters.